The van der Waals surface area contributed by atoms with Crippen LogP contribution in [0.1, 0.15) is 28.4 Å². The van der Waals surface area contributed by atoms with Gasteiger partial charge in [0.25, 0.3) is 0 Å². The van der Waals surface area contributed by atoms with Crippen molar-refractivity contribution in [2.24, 2.45) is 0 Å². The first kappa shape index (κ1) is 6.44. The van der Waals surface area contributed by atoms with Crippen molar-refractivity contribution in [2.45, 2.75) is 31.4 Å². The number of hydrogen-bond acceptors (Lipinski definition) is 2. The first-order valence-corrected chi connectivity index (χ1v) is 4.41. The third kappa shape index (κ3) is 2.01. The topological polar surface area (TPSA) is 29.5 Å². The predicted molar refractivity (Wildman–Crippen MR) is 50.5 cm³/mol. The lowest BCUT2D eigenvalue weighted by Crippen LogP contribution is -2.31. The van der Waals surface area contributed by atoms with E-state index < -0.39 is 18.6 Å². The standard InChI is InChI=1S/C11H14O2/c12-11(8-4-5-9-11)13-10-6-2-1-3-7-10/h1-3,6-7,12H,4-5,8-9H2/i4D,9D. The molecule has 3 unspecified atom stereocenters. The molecule has 2 rings (SSSR count). The molecule has 1 saturated carbocycles. The Labute approximate surface area is 81.0 Å². The van der Waals surface area contributed by atoms with E-state index in [-0.39, 0.29) is 6.42 Å². The van der Waals surface area contributed by atoms with Crippen LogP contribution in [0.4, 0.5) is 0 Å². The molecule has 1 aliphatic carbocycles. The van der Waals surface area contributed by atoms with Crippen molar-refractivity contribution >= 4 is 0 Å². The predicted octanol–water partition coefficient (Wildman–Crippen LogP) is 2.33. The number of hydrogen-bond donors (Lipinski definition) is 1. The average Bonchev–Trinajstić information content (AvgIpc) is 2.41. The molecule has 1 aliphatic rings. The van der Waals surface area contributed by atoms with Crippen molar-refractivity contribution in [1.82, 2.24) is 0 Å². The Bertz CT molecular complexity index is 331. The van der Waals surface area contributed by atoms with Crippen LogP contribution in [0.15, 0.2) is 30.3 Å². The Morgan fingerprint density at radius 3 is 2.77 bits per heavy atom. The molecule has 1 aromatic rings. The first-order chi connectivity index (χ1) is 7.10. The molecule has 3 atom stereocenters. The summed E-state index contributed by atoms with van der Waals surface area (Å²) in [6.45, 7) is 0. The Morgan fingerprint density at radius 2 is 2.15 bits per heavy atom. The second-order valence-electron chi connectivity index (χ2n) is 3.19. The molecule has 0 radical (unpaired) electrons. The van der Waals surface area contributed by atoms with Gasteiger partial charge in [-0.2, -0.15) is 0 Å². The highest BCUT2D eigenvalue weighted by Gasteiger charge is 2.33. The van der Waals surface area contributed by atoms with Gasteiger partial charge in [0.1, 0.15) is 5.75 Å². The van der Waals surface area contributed by atoms with Crippen molar-refractivity contribution in [3.8, 4) is 5.75 Å². The second-order valence-corrected chi connectivity index (χ2v) is 3.19. The van der Waals surface area contributed by atoms with Crippen LogP contribution in [0, 0.1) is 0 Å². The second kappa shape index (κ2) is 3.38. The number of benzene rings is 1. The average molecular weight is 180 g/mol. The lowest BCUT2D eigenvalue weighted by molar-refractivity contribution is -0.130. The normalized spacial score (nSPS) is 41.0. The molecule has 2 nitrogen and oxygen atoms in total. The summed E-state index contributed by atoms with van der Waals surface area (Å²) in [5, 5.41) is 10.1. The van der Waals surface area contributed by atoms with E-state index in [2.05, 4.69) is 0 Å². The zero-order valence-corrected chi connectivity index (χ0v) is 7.31. The fourth-order valence-corrected chi connectivity index (χ4v) is 1.42. The van der Waals surface area contributed by atoms with Gasteiger partial charge >= 0.3 is 0 Å². The number of para-hydroxylation sites is 1. The maximum atomic E-state index is 10.1. The van der Waals surface area contributed by atoms with Crippen LogP contribution >= 0.6 is 0 Å². The summed E-state index contributed by atoms with van der Waals surface area (Å²) in [6, 6.07) is 8.95. The fraction of sp³-hybridized carbons (Fsp3) is 0.455. The maximum Gasteiger partial charge on any atom is 0.208 e. The van der Waals surface area contributed by atoms with Gasteiger partial charge in [-0.3, -0.25) is 0 Å². The van der Waals surface area contributed by atoms with Crippen LogP contribution in [-0.4, -0.2) is 10.9 Å². The molecule has 0 heterocycles. The quantitative estimate of drug-likeness (QED) is 0.708. The van der Waals surface area contributed by atoms with Crippen LogP contribution in [-0.2, 0) is 0 Å². The SMILES string of the molecule is [2H]C1CC([2H])C(O)(Oc2ccccc2)C1. The molecule has 13 heavy (non-hydrogen) atoms. The van der Waals surface area contributed by atoms with E-state index in [4.69, 9.17) is 7.48 Å². The van der Waals surface area contributed by atoms with Crippen LogP contribution in [0.2, 0.25) is 0 Å². The molecule has 1 N–H and O–H groups in total. The smallest absolute Gasteiger partial charge is 0.208 e. The molecular formula is C11H14O2. The number of ether oxygens (including phenoxy) is 1. The summed E-state index contributed by atoms with van der Waals surface area (Å²) in [7, 11) is 0. The largest absolute Gasteiger partial charge is 0.463 e. The summed E-state index contributed by atoms with van der Waals surface area (Å²) >= 11 is 0. The summed E-state index contributed by atoms with van der Waals surface area (Å²) in [4.78, 5) is 0. The van der Waals surface area contributed by atoms with Gasteiger partial charge in [0.15, 0.2) is 0 Å². The van der Waals surface area contributed by atoms with E-state index >= 15 is 0 Å². The van der Waals surface area contributed by atoms with E-state index in [1.54, 1.807) is 12.1 Å². The van der Waals surface area contributed by atoms with Gasteiger partial charge in [-0.1, -0.05) is 18.2 Å². The lowest BCUT2D eigenvalue weighted by atomic mass is 10.2. The molecule has 0 saturated heterocycles. The third-order valence-corrected chi connectivity index (χ3v) is 2.08. The van der Waals surface area contributed by atoms with Crippen LogP contribution < -0.4 is 4.74 Å². The van der Waals surface area contributed by atoms with Gasteiger partial charge in [0, 0.05) is 15.6 Å². The van der Waals surface area contributed by atoms with E-state index in [0.717, 1.165) is 0 Å². The summed E-state index contributed by atoms with van der Waals surface area (Å²) < 4.78 is 20.6. The van der Waals surface area contributed by atoms with Gasteiger partial charge in [-0.25, -0.2) is 0 Å². The van der Waals surface area contributed by atoms with Crippen molar-refractivity contribution < 1.29 is 12.6 Å². The Kier molecular flexibility index (Phi) is 1.67. The van der Waals surface area contributed by atoms with E-state index in [1.165, 1.54) is 0 Å². The van der Waals surface area contributed by atoms with Crippen LogP contribution in [0.3, 0.4) is 0 Å². The van der Waals surface area contributed by atoms with E-state index in [0.29, 0.717) is 12.2 Å². The number of rotatable bonds is 2. The molecule has 1 aromatic carbocycles. The Morgan fingerprint density at radius 1 is 1.38 bits per heavy atom. The van der Waals surface area contributed by atoms with Gasteiger partial charge in [0.2, 0.25) is 5.79 Å². The van der Waals surface area contributed by atoms with Gasteiger partial charge in [-0.15, -0.1) is 0 Å². The van der Waals surface area contributed by atoms with Crippen molar-refractivity contribution in [3.05, 3.63) is 30.3 Å². The highest BCUT2D eigenvalue weighted by Crippen LogP contribution is 2.31. The third-order valence-electron chi connectivity index (χ3n) is 2.08. The monoisotopic (exact) mass is 180 g/mol. The van der Waals surface area contributed by atoms with Crippen molar-refractivity contribution in [2.75, 3.05) is 0 Å². The first-order valence-electron chi connectivity index (χ1n) is 5.56. The van der Waals surface area contributed by atoms with Gasteiger partial charge in [0.05, 0.1) is 0 Å². The van der Waals surface area contributed by atoms with Gasteiger partial charge < -0.3 is 9.84 Å². The minimum Gasteiger partial charge on any atom is -0.463 e. The highest BCUT2D eigenvalue weighted by atomic mass is 16.6. The molecule has 1 fully saturated rings. The zero-order chi connectivity index (χ0) is 10.9. The molecule has 0 aliphatic heterocycles. The molecule has 70 valence electrons. The van der Waals surface area contributed by atoms with Crippen molar-refractivity contribution in [3.63, 3.8) is 0 Å². The van der Waals surface area contributed by atoms with Crippen LogP contribution in [0.25, 0.3) is 0 Å². The summed E-state index contributed by atoms with van der Waals surface area (Å²) in [6.07, 6.45) is -0.569. The minimum atomic E-state index is -1.49. The maximum absolute atomic E-state index is 10.1. The van der Waals surface area contributed by atoms with Crippen LogP contribution in [0.5, 0.6) is 5.75 Å². The van der Waals surface area contributed by atoms with Gasteiger partial charge in [-0.05, 0) is 25.0 Å². The van der Waals surface area contributed by atoms with E-state index in [1.807, 2.05) is 18.2 Å². The summed E-state index contributed by atoms with van der Waals surface area (Å²) in [5.41, 5.74) is 0. The lowest BCUT2D eigenvalue weighted by Gasteiger charge is -2.23. The minimum absolute atomic E-state index is 0.204. The number of aliphatic hydroxyl groups is 1. The fourth-order valence-electron chi connectivity index (χ4n) is 1.42. The molecule has 0 amide bonds. The van der Waals surface area contributed by atoms with E-state index in [9.17, 15) is 5.11 Å². The highest BCUT2D eigenvalue weighted by molar-refractivity contribution is 5.21. The zero-order valence-electron chi connectivity index (χ0n) is 9.31. The molecule has 0 spiro atoms. The molecule has 0 aromatic heterocycles. The molecule has 0 bridgehead atoms. The van der Waals surface area contributed by atoms with Crippen molar-refractivity contribution in [1.29, 1.82) is 0 Å². The Hall–Kier alpha value is -1.02. The molecular weight excluding hydrogens is 164 g/mol. The summed E-state index contributed by atoms with van der Waals surface area (Å²) in [5.74, 6) is -0.945. The Balaban J connectivity index is 2.11. The molecule has 2 heteroatoms.